The SMILES string of the molecule is CCCN(C1CCNCC1)S(=O)(=O)c1cccc(S(=O)(=O)N(C)C)c1.Cl. The first kappa shape index (κ1) is 23.3. The van der Waals surface area contributed by atoms with Crippen molar-refractivity contribution in [1.29, 1.82) is 0 Å². The maximum atomic E-state index is 13.2. The van der Waals surface area contributed by atoms with E-state index in [9.17, 15) is 16.8 Å². The summed E-state index contributed by atoms with van der Waals surface area (Å²) in [5.41, 5.74) is 0. The molecule has 7 nitrogen and oxygen atoms in total. The lowest BCUT2D eigenvalue weighted by Crippen LogP contribution is -2.46. The maximum absolute atomic E-state index is 13.2. The normalized spacial score (nSPS) is 16.7. The Morgan fingerprint density at radius 2 is 1.58 bits per heavy atom. The van der Waals surface area contributed by atoms with E-state index >= 15 is 0 Å². The minimum atomic E-state index is -3.75. The number of halogens is 1. The van der Waals surface area contributed by atoms with E-state index in [1.807, 2.05) is 6.92 Å². The minimum absolute atomic E-state index is 0. The van der Waals surface area contributed by atoms with Crippen LogP contribution in [0.2, 0.25) is 0 Å². The highest BCUT2D eigenvalue weighted by molar-refractivity contribution is 7.90. The van der Waals surface area contributed by atoms with Gasteiger partial charge in [-0.2, -0.15) is 4.31 Å². The van der Waals surface area contributed by atoms with Gasteiger partial charge in [-0.1, -0.05) is 13.0 Å². The number of nitrogens with zero attached hydrogens (tertiary/aromatic N) is 2. The molecule has 1 aromatic rings. The number of hydrogen-bond donors (Lipinski definition) is 1. The van der Waals surface area contributed by atoms with E-state index in [-0.39, 0.29) is 28.2 Å². The summed E-state index contributed by atoms with van der Waals surface area (Å²) in [5.74, 6) is 0. The fourth-order valence-corrected chi connectivity index (χ4v) is 5.80. The van der Waals surface area contributed by atoms with Gasteiger partial charge in [0.1, 0.15) is 0 Å². The lowest BCUT2D eigenvalue weighted by molar-refractivity contribution is 0.262. The monoisotopic (exact) mass is 425 g/mol. The zero-order valence-electron chi connectivity index (χ0n) is 15.4. The molecule has 26 heavy (non-hydrogen) atoms. The fraction of sp³-hybridized carbons (Fsp3) is 0.625. The van der Waals surface area contributed by atoms with Crippen molar-refractivity contribution in [3.63, 3.8) is 0 Å². The summed E-state index contributed by atoms with van der Waals surface area (Å²) in [4.78, 5) is 0.0164. The van der Waals surface area contributed by atoms with Gasteiger partial charge in [0.05, 0.1) is 9.79 Å². The third-order valence-corrected chi connectivity index (χ3v) is 8.11. The molecule has 1 fully saturated rings. The van der Waals surface area contributed by atoms with Crippen LogP contribution in [-0.2, 0) is 20.0 Å². The average molecular weight is 426 g/mol. The molecule has 0 bridgehead atoms. The smallest absolute Gasteiger partial charge is 0.243 e. The summed E-state index contributed by atoms with van der Waals surface area (Å²) in [5, 5.41) is 3.24. The largest absolute Gasteiger partial charge is 0.317 e. The molecule has 1 N–H and O–H groups in total. The summed E-state index contributed by atoms with van der Waals surface area (Å²) < 4.78 is 53.6. The van der Waals surface area contributed by atoms with E-state index in [1.165, 1.54) is 42.7 Å². The van der Waals surface area contributed by atoms with Gasteiger partial charge in [0.15, 0.2) is 0 Å². The van der Waals surface area contributed by atoms with Crippen LogP contribution in [0, 0.1) is 0 Å². The Balaban J connectivity index is 0.00000338. The molecule has 1 aliphatic rings. The number of sulfonamides is 2. The Kier molecular flexibility index (Phi) is 8.50. The molecule has 0 aromatic heterocycles. The van der Waals surface area contributed by atoms with Gasteiger partial charge in [-0.15, -0.1) is 12.4 Å². The molecule has 0 spiro atoms. The van der Waals surface area contributed by atoms with Crippen LogP contribution in [0.4, 0.5) is 0 Å². The highest BCUT2D eigenvalue weighted by Crippen LogP contribution is 2.25. The quantitative estimate of drug-likeness (QED) is 0.715. The molecule has 0 saturated carbocycles. The van der Waals surface area contributed by atoms with E-state index in [4.69, 9.17) is 0 Å². The zero-order chi connectivity index (χ0) is 18.7. The van der Waals surface area contributed by atoms with Crippen molar-refractivity contribution in [3.8, 4) is 0 Å². The summed E-state index contributed by atoms with van der Waals surface area (Å²) in [6, 6.07) is 5.57. The Morgan fingerprint density at radius 1 is 1.04 bits per heavy atom. The van der Waals surface area contributed by atoms with E-state index < -0.39 is 20.0 Å². The van der Waals surface area contributed by atoms with Crippen LogP contribution in [0.5, 0.6) is 0 Å². The van der Waals surface area contributed by atoms with E-state index in [0.29, 0.717) is 13.0 Å². The van der Waals surface area contributed by atoms with Gasteiger partial charge in [-0.05, 0) is 50.6 Å². The van der Waals surface area contributed by atoms with Gasteiger partial charge in [0.2, 0.25) is 20.0 Å². The minimum Gasteiger partial charge on any atom is -0.317 e. The lowest BCUT2D eigenvalue weighted by Gasteiger charge is -2.33. The fourth-order valence-electron chi connectivity index (χ4n) is 2.96. The second-order valence-corrected chi connectivity index (χ2v) is 10.4. The van der Waals surface area contributed by atoms with Crippen molar-refractivity contribution in [2.24, 2.45) is 0 Å². The summed E-state index contributed by atoms with van der Waals surface area (Å²) >= 11 is 0. The van der Waals surface area contributed by atoms with Gasteiger partial charge in [0.25, 0.3) is 0 Å². The predicted molar refractivity (Wildman–Crippen MR) is 105 cm³/mol. The molecule has 1 aliphatic heterocycles. The van der Waals surface area contributed by atoms with Crippen LogP contribution in [0.1, 0.15) is 26.2 Å². The Bertz CT molecular complexity index is 791. The van der Waals surface area contributed by atoms with Gasteiger partial charge >= 0.3 is 0 Å². The number of nitrogens with one attached hydrogen (secondary N) is 1. The molecular weight excluding hydrogens is 398 g/mol. The first-order valence-corrected chi connectivity index (χ1v) is 11.3. The standard InChI is InChI=1S/C16H27N3O4S2.ClH/c1-4-12-19(14-8-10-17-11-9-14)25(22,23)16-7-5-6-15(13-16)24(20,21)18(2)3;/h5-7,13-14,17H,4,8-12H2,1-3H3;1H. The van der Waals surface area contributed by atoms with Crippen LogP contribution in [-0.4, -0.2) is 65.2 Å². The summed E-state index contributed by atoms with van der Waals surface area (Å²) in [7, 11) is -4.58. The predicted octanol–water partition coefficient (Wildman–Crippen LogP) is 1.51. The van der Waals surface area contributed by atoms with Gasteiger partial charge in [-0.3, -0.25) is 0 Å². The molecule has 1 aromatic carbocycles. The molecule has 0 unspecified atom stereocenters. The molecular formula is C16H28ClN3O4S2. The first-order chi connectivity index (χ1) is 11.7. The highest BCUT2D eigenvalue weighted by atomic mass is 35.5. The number of benzene rings is 1. The van der Waals surface area contributed by atoms with Crippen molar-refractivity contribution in [2.75, 3.05) is 33.7 Å². The average Bonchev–Trinajstić information content (AvgIpc) is 2.60. The molecule has 0 radical (unpaired) electrons. The van der Waals surface area contributed by atoms with Gasteiger partial charge in [-0.25, -0.2) is 21.1 Å². The van der Waals surface area contributed by atoms with Crippen LogP contribution >= 0.6 is 12.4 Å². The number of rotatable bonds is 7. The highest BCUT2D eigenvalue weighted by Gasteiger charge is 2.32. The summed E-state index contributed by atoms with van der Waals surface area (Å²) in [6.07, 6.45) is 2.22. The number of piperidine rings is 1. The van der Waals surface area contributed by atoms with Crippen molar-refractivity contribution in [3.05, 3.63) is 24.3 Å². The lowest BCUT2D eigenvalue weighted by atomic mass is 10.1. The summed E-state index contributed by atoms with van der Waals surface area (Å²) in [6.45, 7) is 3.94. The molecule has 2 rings (SSSR count). The van der Waals surface area contributed by atoms with Gasteiger partial charge < -0.3 is 5.32 Å². The molecule has 0 amide bonds. The molecule has 1 saturated heterocycles. The Labute approximate surface area is 163 Å². The van der Waals surface area contributed by atoms with Crippen LogP contribution in [0.25, 0.3) is 0 Å². The van der Waals surface area contributed by atoms with E-state index in [2.05, 4.69) is 5.32 Å². The molecule has 0 atom stereocenters. The molecule has 150 valence electrons. The molecule has 1 heterocycles. The second kappa shape index (κ2) is 9.48. The number of hydrogen-bond acceptors (Lipinski definition) is 5. The third kappa shape index (κ3) is 4.96. The topological polar surface area (TPSA) is 86.8 Å². The van der Waals surface area contributed by atoms with Crippen LogP contribution < -0.4 is 5.32 Å². The van der Waals surface area contributed by atoms with Crippen molar-refractivity contribution >= 4 is 32.5 Å². The Morgan fingerprint density at radius 3 is 2.08 bits per heavy atom. The van der Waals surface area contributed by atoms with Crippen molar-refractivity contribution in [2.45, 2.75) is 42.0 Å². The third-order valence-electron chi connectivity index (χ3n) is 4.35. The molecule has 10 heteroatoms. The van der Waals surface area contributed by atoms with E-state index in [0.717, 1.165) is 30.2 Å². The van der Waals surface area contributed by atoms with Gasteiger partial charge in [0, 0.05) is 26.7 Å². The molecule has 0 aliphatic carbocycles. The second-order valence-electron chi connectivity index (χ2n) is 6.36. The first-order valence-electron chi connectivity index (χ1n) is 8.46. The Hall–Kier alpha value is -0.710. The van der Waals surface area contributed by atoms with E-state index in [1.54, 1.807) is 0 Å². The zero-order valence-corrected chi connectivity index (χ0v) is 17.8. The van der Waals surface area contributed by atoms with Crippen molar-refractivity contribution < 1.29 is 16.8 Å². The van der Waals surface area contributed by atoms with Crippen LogP contribution in [0.15, 0.2) is 34.1 Å². The maximum Gasteiger partial charge on any atom is 0.243 e. The van der Waals surface area contributed by atoms with Crippen molar-refractivity contribution in [1.82, 2.24) is 13.9 Å². The van der Waals surface area contributed by atoms with Crippen LogP contribution in [0.3, 0.4) is 0 Å².